The lowest BCUT2D eigenvalue weighted by atomic mass is 9.82. The monoisotopic (exact) mass is 874 g/mol. The number of benzene rings is 8. The number of para-hydroxylation sites is 2. The minimum absolute atomic E-state index is 0.000899. The highest BCUT2D eigenvalue weighted by Gasteiger charge is 2.29. The average Bonchev–Trinajstić information content (AvgIpc) is 3.96. The Labute approximate surface area is 403 Å². The molecule has 0 saturated carbocycles. The van der Waals surface area contributed by atoms with Gasteiger partial charge in [-0.05, 0) is 121 Å². The predicted molar refractivity (Wildman–Crippen MR) is 275 cm³/mol. The summed E-state index contributed by atoms with van der Waals surface area (Å²) in [6.07, 6.45) is 5.54. The van der Waals surface area contributed by atoms with E-state index in [-0.39, 0.29) is 39.8 Å². The fourth-order valence-corrected chi connectivity index (χ4v) is 9.66. The number of imidazole rings is 1. The standard InChI is InChI=1S/C62H50N4O/c1-61(2,3)42-33-34-63-58(36-42)66-55-32-29-41(40-17-8-7-9-18-40)35-53(55)50-31-30-45(38-57(50)66)67-44-20-14-19-43(37-44)64-39-65-59-51(25-15-27-54(59)62(4,5)6)48-23-12-10-21-46(48)47-22-11-13-24-49(47)52-26-16-28-56(64)60(52)65/h7-38H,1-6H3/i10D,11D,12D,13D,21D,22D,23D,24D. The van der Waals surface area contributed by atoms with Gasteiger partial charge in [0.25, 0.3) is 6.33 Å². The van der Waals surface area contributed by atoms with Crippen LogP contribution >= 0.6 is 0 Å². The van der Waals surface area contributed by atoms with Crippen molar-refractivity contribution in [3.63, 3.8) is 0 Å². The zero-order valence-electron chi connectivity index (χ0n) is 46.1. The van der Waals surface area contributed by atoms with Crippen LogP contribution in [-0.2, 0) is 10.8 Å². The van der Waals surface area contributed by atoms with Gasteiger partial charge in [0.15, 0.2) is 0 Å². The maximum absolute atomic E-state index is 9.52. The third-order valence-electron chi connectivity index (χ3n) is 12.9. The Morgan fingerprint density at radius 3 is 1.97 bits per heavy atom. The number of ether oxygens (including phenoxy) is 1. The van der Waals surface area contributed by atoms with Crippen molar-refractivity contribution in [2.45, 2.75) is 52.4 Å². The van der Waals surface area contributed by atoms with Crippen LogP contribution in [0.4, 0.5) is 0 Å². The summed E-state index contributed by atoms with van der Waals surface area (Å²) in [5, 5.41) is 2.14. The van der Waals surface area contributed by atoms with Crippen molar-refractivity contribution >= 4 is 32.8 Å². The molecule has 0 fully saturated rings. The van der Waals surface area contributed by atoms with Crippen molar-refractivity contribution < 1.29 is 20.3 Å². The summed E-state index contributed by atoms with van der Waals surface area (Å²) < 4.78 is 86.4. The molecule has 0 saturated heterocycles. The number of rotatable bonds is 5. The summed E-state index contributed by atoms with van der Waals surface area (Å²) in [5.41, 5.74) is 9.21. The van der Waals surface area contributed by atoms with Crippen molar-refractivity contribution in [3.8, 4) is 73.2 Å². The first-order valence-electron chi connectivity index (χ1n) is 26.5. The number of nitrogens with zero attached hydrogens (tertiary/aromatic N) is 4. The zero-order valence-corrected chi connectivity index (χ0v) is 38.1. The smallest absolute Gasteiger partial charge is 0.269 e. The van der Waals surface area contributed by atoms with Crippen LogP contribution in [0.5, 0.6) is 11.5 Å². The second kappa shape index (κ2) is 15.3. The van der Waals surface area contributed by atoms with E-state index in [1.807, 2.05) is 82.1 Å². The summed E-state index contributed by atoms with van der Waals surface area (Å²) in [6, 6.07) is 42.9. The molecule has 3 aromatic heterocycles. The van der Waals surface area contributed by atoms with E-state index in [2.05, 4.69) is 119 Å². The van der Waals surface area contributed by atoms with Crippen LogP contribution < -0.4 is 9.30 Å². The molecule has 12 rings (SSSR count). The van der Waals surface area contributed by atoms with Crippen molar-refractivity contribution in [2.75, 3.05) is 0 Å². The molecule has 0 amide bonds. The SMILES string of the molecule is [2H]c1c([2H])c([2H])c2c(c1[2H])-c1cccc(C(C)(C)C)c1-[n+]1[c-]n(-c3cccc(Oc4ccc5c6cc(-c7ccccc7)ccc6n(-c6cc(C(C)(C)C)ccn6)c5c4)c3)c3cccc(c31)-c1c([2H])c([2H])c([2H])c([2H])c1-2. The Morgan fingerprint density at radius 1 is 0.537 bits per heavy atom. The molecular weight excluding hydrogens is 817 g/mol. The van der Waals surface area contributed by atoms with Gasteiger partial charge in [-0.25, -0.2) is 4.98 Å². The topological polar surface area (TPSA) is 35.9 Å². The van der Waals surface area contributed by atoms with Gasteiger partial charge in [-0.2, -0.15) is 0 Å². The molecule has 8 aromatic carbocycles. The van der Waals surface area contributed by atoms with E-state index in [1.54, 1.807) is 6.07 Å². The van der Waals surface area contributed by atoms with Gasteiger partial charge in [0, 0.05) is 23.0 Å². The molecule has 1 aliphatic rings. The van der Waals surface area contributed by atoms with Gasteiger partial charge in [0.05, 0.1) is 44.4 Å². The number of hydrogen-bond acceptors (Lipinski definition) is 2. The van der Waals surface area contributed by atoms with E-state index in [0.717, 1.165) is 49.9 Å². The van der Waals surface area contributed by atoms with Gasteiger partial charge in [-0.1, -0.05) is 169 Å². The lowest BCUT2D eigenvalue weighted by Crippen LogP contribution is -2.35. The number of pyridine rings is 1. The van der Waals surface area contributed by atoms with Crippen LogP contribution in [0, 0.1) is 6.33 Å². The highest BCUT2D eigenvalue weighted by atomic mass is 16.5. The van der Waals surface area contributed by atoms with Gasteiger partial charge < -0.3 is 4.74 Å². The zero-order chi connectivity index (χ0) is 52.6. The number of fused-ring (bicyclic) bond motifs is 10. The lowest BCUT2D eigenvalue weighted by Gasteiger charge is -2.26. The first-order valence-corrected chi connectivity index (χ1v) is 22.5. The van der Waals surface area contributed by atoms with Crippen molar-refractivity contribution in [3.05, 3.63) is 212 Å². The molecule has 0 bridgehead atoms. The highest BCUT2D eigenvalue weighted by Crippen LogP contribution is 2.45. The predicted octanol–water partition coefficient (Wildman–Crippen LogP) is 15.6. The van der Waals surface area contributed by atoms with Gasteiger partial charge in [-0.15, -0.1) is 0 Å². The summed E-state index contributed by atoms with van der Waals surface area (Å²) in [7, 11) is 0. The van der Waals surface area contributed by atoms with E-state index in [0.29, 0.717) is 45.0 Å². The number of aromatic nitrogens is 4. The minimum atomic E-state index is -0.512. The first-order chi connectivity index (χ1) is 35.8. The van der Waals surface area contributed by atoms with E-state index in [9.17, 15) is 5.48 Å². The Hall–Kier alpha value is -8.02. The third-order valence-corrected chi connectivity index (χ3v) is 12.9. The maximum atomic E-state index is 9.52. The molecular formula is C62H50N4O. The minimum Gasteiger partial charge on any atom is -0.458 e. The molecule has 0 N–H and O–H groups in total. The largest absolute Gasteiger partial charge is 0.458 e. The van der Waals surface area contributed by atoms with Gasteiger partial charge in [0.1, 0.15) is 17.3 Å². The van der Waals surface area contributed by atoms with Crippen LogP contribution in [0.1, 0.15) is 63.6 Å². The summed E-state index contributed by atoms with van der Waals surface area (Å²) in [6.45, 7) is 12.8. The van der Waals surface area contributed by atoms with Crippen molar-refractivity contribution in [2.24, 2.45) is 0 Å². The molecule has 324 valence electrons. The molecule has 0 atom stereocenters. The Balaban J connectivity index is 1.07. The molecule has 5 heteroatoms. The third kappa shape index (κ3) is 6.76. The van der Waals surface area contributed by atoms with E-state index >= 15 is 0 Å². The Morgan fingerprint density at radius 2 is 1.22 bits per heavy atom. The summed E-state index contributed by atoms with van der Waals surface area (Å²) in [5.74, 6) is 1.96. The van der Waals surface area contributed by atoms with Gasteiger partial charge >= 0.3 is 0 Å². The number of hydrogen-bond donors (Lipinski definition) is 0. The Bertz CT molecular complexity index is 4220. The van der Waals surface area contributed by atoms with Gasteiger partial charge in [0.2, 0.25) is 0 Å². The second-order valence-corrected chi connectivity index (χ2v) is 19.3. The van der Waals surface area contributed by atoms with E-state index in [1.165, 1.54) is 0 Å². The van der Waals surface area contributed by atoms with Gasteiger partial charge in [-0.3, -0.25) is 13.7 Å². The van der Waals surface area contributed by atoms with Crippen LogP contribution in [0.15, 0.2) is 194 Å². The van der Waals surface area contributed by atoms with Crippen LogP contribution in [0.2, 0.25) is 0 Å². The quantitative estimate of drug-likeness (QED) is 0.128. The van der Waals surface area contributed by atoms with E-state index < -0.39 is 41.7 Å². The van der Waals surface area contributed by atoms with Crippen LogP contribution in [-0.4, -0.2) is 14.1 Å². The second-order valence-electron chi connectivity index (χ2n) is 19.3. The molecule has 0 spiro atoms. The fraction of sp³-hybridized carbons (Fsp3) is 0.129. The lowest BCUT2D eigenvalue weighted by molar-refractivity contribution is -0.572. The normalized spacial score (nSPS) is 14.0. The molecule has 4 heterocycles. The molecule has 0 radical (unpaired) electrons. The maximum Gasteiger partial charge on any atom is 0.269 e. The molecule has 67 heavy (non-hydrogen) atoms. The van der Waals surface area contributed by atoms with Crippen molar-refractivity contribution in [1.82, 2.24) is 14.1 Å². The van der Waals surface area contributed by atoms with Crippen LogP contribution in [0.3, 0.4) is 0 Å². The Kier molecular flexibility index (Phi) is 7.44. The molecule has 1 aliphatic heterocycles. The molecule has 11 aromatic rings. The molecule has 0 aliphatic carbocycles. The van der Waals surface area contributed by atoms with E-state index in [4.69, 9.17) is 15.2 Å². The first kappa shape index (κ1) is 32.6. The molecule has 0 unspecified atom stereocenters. The highest BCUT2D eigenvalue weighted by molar-refractivity contribution is 6.11. The summed E-state index contributed by atoms with van der Waals surface area (Å²) in [4.78, 5) is 4.93. The van der Waals surface area contributed by atoms with Crippen molar-refractivity contribution in [1.29, 1.82) is 0 Å². The average molecular weight is 875 g/mol. The molecule has 5 nitrogen and oxygen atoms in total. The summed E-state index contributed by atoms with van der Waals surface area (Å²) >= 11 is 0. The fourth-order valence-electron chi connectivity index (χ4n) is 9.66. The van der Waals surface area contributed by atoms with Crippen LogP contribution in [0.25, 0.3) is 94.5 Å².